The Morgan fingerprint density at radius 1 is 0.424 bits per heavy atom. The molecule has 0 amide bonds. The maximum absolute atomic E-state index is 12.8. The molecule has 0 aliphatic heterocycles. The lowest BCUT2D eigenvalue weighted by Gasteiger charge is -2.21. The van der Waals surface area contributed by atoms with Crippen LogP contribution in [-0.2, 0) is 42.2 Å². The van der Waals surface area contributed by atoms with E-state index in [9.17, 15) is 28.9 Å². The van der Waals surface area contributed by atoms with Crippen molar-refractivity contribution in [3.8, 4) is 0 Å². The number of unbranched alkanes of at least 4 members (excludes halogenated alkanes) is 27. The Morgan fingerprint density at radius 2 is 0.758 bits per heavy atom. The lowest BCUT2D eigenvalue weighted by molar-refractivity contribution is -0.161. The lowest BCUT2D eigenvalue weighted by atomic mass is 10.1. The molecule has 0 heterocycles. The normalized spacial score (nSPS) is 13.7. The van der Waals surface area contributed by atoms with Gasteiger partial charge >= 0.3 is 25.7 Å². The van der Waals surface area contributed by atoms with E-state index >= 15 is 0 Å². The van der Waals surface area contributed by atoms with Gasteiger partial charge in [-0.3, -0.25) is 23.4 Å². The van der Waals surface area contributed by atoms with Crippen LogP contribution in [0.5, 0.6) is 0 Å². The number of aliphatic hydroxyl groups is 1. The average molecular weight is 955 g/mol. The van der Waals surface area contributed by atoms with Crippen LogP contribution in [0.3, 0.4) is 0 Å². The predicted molar refractivity (Wildman–Crippen MR) is 270 cm³/mol. The van der Waals surface area contributed by atoms with Crippen molar-refractivity contribution in [1.29, 1.82) is 0 Å². The van der Waals surface area contributed by atoms with Crippen LogP contribution in [0.2, 0.25) is 0 Å². The molecule has 0 saturated heterocycles. The summed E-state index contributed by atoms with van der Waals surface area (Å²) in [5, 5.41) is 9.74. The zero-order valence-corrected chi connectivity index (χ0v) is 43.3. The summed E-state index contributed by atoms with van der Waals surface area (Å²) in [7, 11) is -4.73. The molecule has 0 radical (unpaired) electrons. The highest BCUT2D eigenvalue weighted by molar-refractivity contribution is 7.47. The summed E-state index contributed by atoms with van der Waals surface area (Å²) in [4.78, 5) is 48.2. The third-order valence-electron chi connectivity index (χ3n) is 11.5. The number of ether oxygens (including phenoxy) is 3. The van der Waals surface area contributed by atoms with Gasteiger partial charge < -0.3 is 24.2 Å². The molecule has 0 aromatic heterocycles. The SMILES string of the molecule is CCCC/C=C\CCCCCCCC(=O)OC(COC(=O)CCCCCCCCCCC/C=C\C/C=C\CCCCC)COP(=O)(O)OCC(CO)OC(=O)CCCCCCCCCCC. The number of rotatable bonds is 50. The van der Waals surface area contributed by atoms with Crippen molar-refractivity contribution in [2.24, 2.45) is 0 Å². The minimum atomic E-state index is -4.73. The molecule has 0 saturated carbocycles. The minimum absolute atomic E-state index is 0.159. The molecule has 0 aliphatic carbocycles. The van der Waals surface area contributed by atoms with Crippen LogP contribution in [0, 0.1) is 0 Å². The monoisotopic (exact) mass is 955 g/mol. The summed E-state index contributed by atoms with van der Waals surface area (Å²) < 4.78 is 39.3. The molecule has 0 aliphatic rings. The molecular weight excluding hydrogens is 856 g/mol. The van der Waals surface area contributed by atoms with Crippen LogP contribution in [0.25, 0.3) is 0 Å². The number of aliphatic hydroxyl groups excluding tert-OH is 1. The van der Waals surface area contributed by atoms with Gasteiger partial charge in [0.15, 0.2) is 6.10 Å². The Morgan fingerprint density at radius 3 is 1.21 bits per heavy atom. The summed E-state index contributed by atoms with van der Waals surface area (Å²) in [6, 6.07) is 0. The number of phosphoric ester groups is 1. The van der Waals surface area contributed by atoms with Gasteiger partial charge in [0, 0.05) is 19.3 Å². The predicted octanol–water partition coefficient (Wildman–Crippen LogP) is 15.3. The first kappa shape index (κ1) is 63.7. The Balaban J connectivity index is 4.66. The van der Waals surface area contributed by atoms with E-state index < -0.39 is 57.8 Å². The fraction of sp³-hybridized carbons (Fsp3) is 0.833. The largest absolute Gasteiger partial charge is 0.472 e. The Bertz CT molecular complexity index is 1250. The second-order valence-electron chi connectivity index (χ2n) is 18.0. The highest BCUT2D eigenvalue weighted by Crippen LogP contribution is 2.43. The van der Waals surface area contributed by atoms with Gasteiger partial charge in [-0.25, -0.2) is 4.57 Å². The van der Waals surface area contributed by atoms with Gasteiger partial charge in [0.25, 0.3) is 0 Å². The van der Waals surface area contributed by atoms with Gasteiger partial charge in [0.05, 0.1) is 19.8 Å². The quantitative estimate of drug-likeness (QED) is 0.0197. The molecule has 0 aromatic rings. The first-order valence-electron chi connectivity index (χ1n) is 26.9. The van der Waals surface area contributed by atoms with E-state index in [-0.39, 0.29) is 25.9 Å². The summed E-state index contributed by atoms with van der Waals surface area (Å²) in [5.41, 5.74) is 0. The van der Waals surface area contributed by atoms with Crippen LogP contribution >= 0.6 is 7.82 Å². The molecule has 66 heavy (non-hydrogen) atoms. The molecule has 0 fully saturated rings. The molecule has 2 N–H and O–H groups in total. The Hall–Kier alpha value is -2.30. The van der Waals surface area contributed by atoms with Crippen LogP contribution < -0.4 is 0 Å². The summed E-state index contributed by atoms with van der Waals surface area (Å²) in [6.07, 6.45) is 48.4. The second-order valence-corrected chi connectivity index (χ2v) is 19.5. The van der Waals surface area contributed by atoms with Crippen molar-refractivity contribution in [3.63, 3.8) is 0 Å². The van der Waals surface area contributed by atoms with E-state index in [1.165, 1.54) is 103 Å². The number of carbonyl (C=O) groups is 3. The fourth-order valence-corrected chi connectivity index (χ4v) is 8.15. The van der Waals surface area contributed by atoms with E-state index in [1.54, 1.807) is 0 Å². The number of allylic oxidation sites excluding steroid dienone is 6. The van der Waals surface area contributed by atoms with Gasteiger partial charge in [-0.05, 0) is 70.6 Å². The summed E-state index contributed by atoms with van der Waals surface area (Å²) >= 11 is 0. The Kier molecular flexibility index (Phi) is 47.4. The van der Waals surface area contributed by atoms with Crippen LogP contribution in [0.1, 0.15) is 252 Å². The van der Waals surface area contributed by atoms with Gasteiger partial charge in [-0.2, -0.15) is 0 Å². The first-order chi connectivity index (χ1) is 32.2. The average Bonchev–Trinajstić information content (AvgIpc) is 3.30. The number of hydrogen-bond acceptors (Lipinski definition) is 10. The van der Waals surface area contributed by atoms with E-state index in [1.807, 2.05) is 0 Å². The molecule has 0 aromatic carbocycles. The van der Waals surface area contributed by atoms with E-state index in [2.05, 4.69) is 57.2 Å². The van der Waals surface area contributed by atoms with Crippen LogP contribution in [0.4, 0.5) is 0 Å². The van der Waals surface area contributed by atoms with Gasteiger partial charge in [-0.15, -0.1) is 0 Å². The second kappa shape index (κ2) is 49.1. The number of carbonyl (C=O) groups excluding carboxylic acids is 3. The number of hydrogen-bond donors (Lipinski definition) is 2. The molecule has 3 unspecified atom stereocenters. The lowest BCUT2D eigenvalue weighted by Crippen LogP contribution is -2.30. The maximum Gasteiger partial charge on any atom is 0.472 e. The zero-order valence-electron chi connectivity index (χ0n) is 42.4. The van der Waals surface area contributed by atoms with Crippen molar-refractivity contribution in [1.82, 2.24) is 0 Å². The van der Waals surface area contributed by atoms with Crippen molar-refractivity contribution >= 4 is 25.7 Å². The summed E-state index contributed by atoms with van der Waals surface area (Å²) in [6.45, 7) is 4.55. The van der Waals surface area contributed by atoms with Crippen molar-refractivity contribution in [3.05, 3.63) is 36.5 Å². The molecule has 0 bridgehead atoms. The van der Waals surface area contributed by atoms with Crippen molar-refractivity contribution in [2.45, 2.75) is 264 Å². The van der Waals surface area contributed by atoms with E-state index in [4.69, 9.17) is 23.3 Å². The molecule has 0 spiro atoms. The van der Waals surface area contributed by atoms with Gasteiger partial charge in [-0.1, -0.05) is 198 Å². The molecule has 11 nitrogen and oxygen atoms in total. The third-order valence-corrected chi connectivity index (χ3v) is 12.5. The highest BCUT2D eigenvalue weighted by Gasteiger charge is 2.28. The van der Waals surface area contributed by atoms with Crippen LogP contribution in [0.15, 0.2) is 36.5 Å². The van der Waals surface area contributed by atoms with Crippen molar-refractivity contribution < 1.29 is 52.2 Å². The fourth-order valence-electron chi connectivity index (χ4n) is 7.37. The molecule has 0 rings (SSSR count). The van der Waals surface area contributed by atoms with Gasteiger partial charge in [0.1, 0.15) is 12.7 Å². The molecule has 12 heteroatoms. The minimum Gasteiger partial charge on any atom is -0.462 e. The zero-order chi connectivity index (χ0) is 48.4. The topological polar surface area (TPSA) is 155 Å². The third kappa shape index (κ3) is 46.8. The number of phosphoric acid groups is 1. The number of esters is 3. The smallest absolute Gasteiger partial charge is 0.462 e. The van der Waals surface area contributed by atoms with E-state index in [0.29, 0.717) is 19.3 Å². The highest BCUT2D eigenvalue weighted by atomic mass is 31.2. The van der Waals surface area contributed by atoms with Crippen LogP contribution in [-0.4, -0.2) is 66.5 Å². The van der Waals surface area contributed by atoms with Crippen molar-refractivity contribution in [2.75, 3.05) is 26.4 Å². The maximum atomic E-state index is 12.8. The van der Waals surface area contributed by atoms with E-state index in [0.717, 1.165) is 89.9 Å². The Labute approximate surface area is 403 Å². The molecule has 386 valence electrons. The standard InChI is InChI=1S/C54H99O11P/c1-4-7-10-13-16-19-21-22-23-24-25-26-27-28-30-32-34-37-40-43-52(56)61-47-51(65-54(58)45-42-39-36-33-29-20-17-14-11-8-5-2)49-63-66(59,60)62-48-50(46-55)64-53(57)44-41-38-35-31-18-15-12-9-6-3/h14,16-17,19,22-23,50-51,55H,4-13,15,18,20-21,24-49H2,1-3H3,(H,59,60)/b17-14-,19-16-,23-22-. The molecular formula is C54H99O11P. The van der Waals surface area contributed by atoms with Gasteiger partial charge in [0.2, 0.25) is 0 Å². The molecule has 3 atom stereocenters. The summed E-state index contributed by atoms with van der Waals surface area (Å²) in [5.74, 6) is -1.47. The first-order valence-corrected chi connectivity index (χ1v) is 28.4.